The smallest absolute Gasteiger partial charge is 0.295 e. The van der Waals surface area contributed by atoms with Crippen LogP contribution in [-0.4, -0.2) is 72.6 Å². The molecule has 1 atom stereocenters. The van der Waals surface area contributed by atoms with Crippen molar-refractivity contribution in [3.05, 3.63) is 59.2 Å². The van der Waals surface area contributed by atoms with Crippen molar-refractivity contribution in [2.45, 2.75) is 13.0 Å². The fraction of sp³-hybridized carbons (Fsp3) is 0.333. The third-order valence-corrected chi connectivity index (χ3v) is 5.29. The van der Waals surface area contributed by atoms with Crippen molar-refractivity contribution in [2.75, 3.05) is 40.9 Å². The number of hydrogen-bond acceptors (Lipinski definition) is 7. The molecule has 170 valence electrons. The van der Waals surface area contributed by atoms with Gasteiger partial charge in [0.1, 0.15) is 11.5 Å². The Morgan fingerprint density at radius 3 is 2.50 bits per heavy atom. The first kappa shape index (κ1) is 23.1. The minimum atomic E-state index is -0.848. The number of aliphatic hydroxyl groups is 1. The lowest BCUT2D eigenvalue weighted by atomic mass is 9.94. The zero-order valence-corrected chi connectivity index (χ0v) is 18.7. The van der Waals surface area contributed by atoms with Crippen molar-refractivity contribution in [1.29, 1.82) is 0 Å². The van der Waals surface area contributed by atoms with Gasteiger partial charge in [0.05, 0.1) is 30.9 Å². The van der Waals surface area contributed by atoms with Crippen LogP contribution >= 0.6 is 0 Å². The number of likely N-dealkylation sites (tertiary alicyclic amines) is 1. The van der Waals surface area contributed by atoms with Crippen LogP contribution in [0.3, 0.4) is 0 Å². The van der Waals surface area contributed by atoms with Gasteiger partial charge in [0.15, 0.2) is 11.5 Å². The van der Waals surface area contributed by atoms with E-state index in [1.165, 1.54) is 18.1 Å². The van der Waals surface area contributed by atoms with E-state index in [-0.39, 0.29) is 29.4 Å². The number of ketones is 1. The summed E-state index contributed by atoms with van der Waals surface area (Å²) in [5.74, 6) is -1.22. The number of nitrogens with zero attached hydrogens (tertiary/aromatic N) is 2. The van der Waals surface area contributed by atoms with Gasteiger partial charge < -0.3 is 29.5 Å². The zero-order chi connectivity index (χ0) is 23.4. The van der Waals surface area contributed by atoms with E-state index in [1.54, 1.807) is 43.3 Å². The van der Waals surface area contributed by atoms with Crippen LogP contribution in [0.4, 0.5) is 0 Å². The summed E-state index contributed by atoms with van der Waals surface area (Å²) in [7, 11) is 5.20. The Balaban J connectivity index is 2.21. The van der Waals surface area contributed by atoms with Crippen molar-refractivity contribution in [1.82, 2.24) is 9.80 Å². The number of amides is 1. The second-order valence-corrected chi connectivity index (χ2v) is 7.66. The Morgan fingerprint density at radius 2 is 1.84 bits per heavy atom. The number of likely N-dealkylation sites (N-methyl/N-ethyl adjacent to an activating group) is 1. The Hall–Kier alpha value is -3.52. The average Bonchev–Trinajstić information content (AvgIpc) is 3.03. The molecule has 8 heteroatoms. The monoisotopic (exact) mass is 440 g/mol. The van der Waals surface area contributed by atoms with Crippen LogP contribution in [0.1, 0.15) is 24.1 Å². The number of aliphatic hydroxyl groups excluding tert-OH is 1. The van der Waals surface area contributed by atoms with Gasteiger partial charge >= 0.3 is 0 Å². The number of phenols is 1. The lowest BCUT2D eigenvalue weighted by molar-refractivity contribution is -0.140. The summed E-state index contributed by atoms with van der Waals surface area (Å²) in [6.45, 7) is 2.92. The molecule has 3 rings (SSSR count). The van der Waals surface area contributed by atoms with Gasteiger partial charge in [0, 0.05) is 13.1 Å². The lowest BCUT2D eigenvalue weighted by Gasteiger charge is -2.27. The highest BCUT2D eigenvalue weighted by Crippen LogP contribution is 2.42. The summed E-state index contributed by atoms with van der Waals surface area (Å²) >= 11 is 0. The number of Topliss-reactive ketones (excluding diaryl/α,β-unsaturated/α-hetero) is 1. The summed E-state index contributed by atoms with van der Waals surface area (Å²) in [6.07, 6.45) is 0. The Morgan fingerprint density at radius 1 is 1.12 bits per heavy atom. The molecule has 2 aromatic carbocycles. The van der Waals surface area contributed by atoms with Crippen LogP contribution in [-0.2, 0) is 9.59 Å². The van der Waals surface area contributed by atoms with E-state index in [0.717, 1.165) is 0 Å². The average molecular weight is 440 g/mol. The van der Waals surface area contributed by atoms with Crippen LogP contribution in [0.15, 0.2) is 48.0 Å². The van der Waals surface area contributed by atoms with E-state index in [4.69, 9.17) is 9.47 Å². The first-order valence-electron chi connectivity index (χ1n) is 10.3. The van der Waals surface area contributed by atoms with Gasteiger partial charge in [-0.15, -0.1) is 0 Å². The van der Waals surface area contributed by atoms with Gasteiger partial charge in [0.2, 0.25) is 0 Å². The number of aromatic hydroxyl groups is 1. The van der Waals surface area contributed by atoms with E-state index in [2.05, 4.69) is 0 Å². The van der Waals surface area contributed by atoms with Crippen molar-refractivity contribution < 1.29 is 29.3 Å². The van der Waals surface area contributed by atoms with Gasteiger partial charge in [-0.1, -0.05) is 18.2 Å². The van der Waals surface area contributed by atoms with Crippen LogP contribution in [0.2, 0.25) is 0 Å². The number of carbonyl (C=O) groups excluding carboxylic acids is 2. The van der Waals surface area contributed by atoms with E-state index < -0.39 is 17.7 Å². The summed E-state index contributed by atoms with van der Waals surface area (Å²) in [5.41, 5.74) is 0.821. The van der Waals surface area contributed by atoms with Crippen molar-refractivity contribution in [3.8, 4) is 17.2 Å². The molecular weight excluding hydrogens is 412 g/mol. The zero-order valence-electron chi connectivity index (χ0n) is 18.7. The predicted molar refractivity (Wildman–Crippen MR) is 120 cm³/mol. The third kappa shape index (κ3) is 4.40. The summed E-state index contributed by atoms with van der Waals surface area (Å²) in [6, 6.07) is 10.6. The number of para-hydroxylation sites is 1. The number of phenolic OH excluding ortho intramolecular Hbond substituents is 1. The van der Waals surface area contributed by atoms with Crippen LogP contribution in [0, 0.1) is 0 Å². The van der Waals surface area contributed by atoms with E-state index in [0.29, 0.717) is 30.0 Å². The molecule has 0 aliphatic carbocycles. The second-order valence-electron chi connectivity index (χ2n) is 7.66. The van der Waals surface area contributed by atoms with Gasteiger partial charge in [-0.25, -0.2) is 0 Å². The molecule has 0 bridgehead atoms. The van der Waals surface area contributed by atoms with Crippen molar-refractivity contribution in [2.24, 2.45) is 0 Å². The highest BCUT2D eigenvalue weighted by atomic mass is 16.5. The summed E-state index contributed by atoms with van der Waals surface area (Å²) in [4.78, 5) is 29.4. The minimum absolute atomic E-state index is 0.0357. The molecule has 1 unspecified atom stereocenters. The molecule has 0 saturated carbocycles. The first-order chi connectivity index (χ1) is 15.3. The van der Waals surface area contributed by atoms with Crippen molar-refractivity contribution in [3.63, 3.8) is 0 Å². The standard InChI is InChI=1S/C24H28N2O6/c1-5-32-19-14-15(10-11-17(19)27)21-20(22(28)16-8-6-7-9-18(16)31-4)23(29)24(30)26(21)13-12-25(2)3/h6-11,14,21,27-28H,5,12-13H2,1-4H3/b22-20-. The quantitative estimate of drug-likeness (QED) is 0.370. The topological polar surface area (TPSA) is 99.5 Å². The Labute approximate surface area is 187 Å². The molecule has 0 spiro atoms. The van der Waals surface area contributed by atoms with Crippen LogP contribution < -0.4 is 9.47 Å². The summed E-state index contributed by atoms with van der Waals surface area (Å²) < 4.78 is 10.8. The molecule has 0 aromatic heterocycles. The third-order valence-electron chi connectivity index (χ3n) is 5.29. The normalized spacial score (nSPS) is 17.8. The molecule has 1 aliphatic heterocycles. The van der Waals surface area contributed by atoms with E-state index in [1.807, 2.05) is 19.0 Å². The van der Waals surface area contributed by atoms with Gasteiger partial charge in [-0.2, -0.15) is 0 Å². The van der Waals surface area contributed by atoms with E-state index in [9.17, 15) is 19.8 Å². The molecule has 2 N–H and O–H groups in total. The Kier molecular flexibility index (Phi) is 7.05. The molecule has 32 heavy (non-hydrogen) atoms. The van der Waals surface area contributed by atoms with E-state index >= 15 is 0 Å². The number of ether oxygens (including phenoxy) is 2. The van der Waals surface area contributed by atoms with Crippen LogP contribution in [0.25, 0.3) is 5.76 Å². The molecular formula is C24H28N2O6. The molecule has 0 radical (unpaired) electrons. The maximum Gasteiger partial charge on any atom is 0.295 e. The molecule has 1 amide bonds. The largest absolute Gasteiger partial charge is 0.507 e. The van der Waals surface area contributed by atoms with Gasteiger partial charge in [-0.3, -0.25) is 9.59 Å². The fourth-order valence-corrected chi connectivity index (χ4v) is 3.72. The van der Waals surface area contributed by atoms with Gasteiger partial charge in [0.25, 0.3) is 11.7 Å². The maximum atomic E-state index is 13.1. The SMILES string of the molecule is CCOc1cc(C2/C(=C(/O)c3ccccc3OC)C(=O)C(=O)N2CCN(C)C)ccc1O. The van der Waals surface area contributed by atoms with Gasteiger partial charge in [-0.05, 0) is 50.8 Å². The number of benzene rings is 2. The predicted octanol–water partition coefficient (Wildman–Crippen LogP) is 2.78. The summed E-state index contributed by atoms with van der Waals surface area (Å²) in [5, 5.41) is 21.3. The molecule has 2 aromatic rings. The number of carbonyl (C=O) groups is 2. The molecule has 1 aliphatic rings. The molecule has 8 nitrogen and oxygen atoms in total. The minimum Gasteiger partial charge on any atom is -0.507 e. The Bertz CT molecular complexity index is 1050. The van der Waals surface area contributed by atoms with Crippen LogP contribution in [0.5, 0.6) is 17.2 Å². The van der Waals surface area contributed by atoms with Crippen molar-refractivity contribution >= 4 is 17.4 Å². The second kappa shape index (κ2) is 9.74. The highest BCUT2D eigenvalue weighted by molar-refractivity contribution is 6.46. The molecule has 1 fully saturated rings. The molecule has 1 saturated heterocycles. The fourth-order valence-electron chi connectivity index (χ4n) is 3.72. The first-order valence-corrected chi connectivity index (χ1v) is 10.3. The lowest BCUT2D eigenvalue weighted by Crippen LogP contribution is -2.35. The number of hydrogen-bond donors (Lipinski definition) is 2. The molecule has 1 heterocycles. The highest BCUT2D eigenvalue weighted by Gasteiger charge is 2.46. The maximum absolute atomic E-state index is 13.1. The number of rotatable bonds is 8. The number of methoxy groups -OCH3 is 1.